The van der Waals surface area contributed by atoms with Crippen molar-refractivity contribution in [1.29, 1.82) is 0 Å². The van der Waals surface area contributed by atoms with E-state index in [1.807, 2.05) is 48.5 Å². The Kier molecular flexibility index (Phi) is 9.88. The number of nitrogens with zero attached hydrogens (tertiary/aromatic N) is 1. The van der Waals surface area contributed by atoms with Gasteiger partial charge in [0.2, 0.25) is 0 Å². The maximum Gasteiger partial charge on any atom is 0.271 e. The van der Waals surface area contributed by atoms with Gasteiger partial charge >= 0.3 is 0 Å². The minimum absolute atomic E-state index is 0. The van der Waals surface area contributed by atoms with Gasteiger partial charge in [0.05, 0.1) is 15.6 Å². The molecule has 0 bridgehead atoms. The van der Waals surface area contributed by atoms with Crippen molar-refractivity contribution in [2.75, 3.05) is 18.4 Å². The molecule has 0 heterocycles. The highest BCUT2D eigenvalue weighted by Crippen LogP contribution is 2.26. The van der Waals surface area contributed by atoms with Gasteiger partial charge in [-0.2, -0.15) is 0 Å². The molecule has 0 aliphatic heterocycles. The van der Waals surface area contributed by atoms with Gasteiger partial charge in [0.25, 0.3) is 5.69 Å². The molecule has 0 aliphatic rings. The summed E-state index contributed by atoms with van der Waals surface area (Å²) >= 11 is 11.9. The summed E-state index contributed by atoms with van der Waals surface area (Å²) in [4.78, 5) is 10.3. The Balaban J connectivity index is 0.00000341. The quantitative estimate of drug-likeness (QED) is 0.207. The molecule has 6 nitrogen and oxygen atoms in total. The lowest BCUT2D eigenvalue weighted by atomic mass is 10.2. The average Bonchev–Trinajstić information content (AvgIpc) is 2.75. The van der Waals surface area contributed by atoms with Gasteiger partial charge in [-0.3, -0.25) is 10.1 Å². The number of anilines is 1. The highest BCUT2D eigenvalue weighted by molar-refractivity contribution is 6.33. The Morgan fingerprint density at radius 3 is 2.23 bits per heavy atom. The second kappa shape index (κ2) is 12.4. The predicted molar refractivity (Wildman–Crippen MR) is 128 cm³/mol. The third kappa shape index (κ3) is 7.92. The molecule has 0 atom stereocenters. The van der Waals surface area contributed by atoms with Crippen molar-refractivity contribution in [3.05, 3.63) is 98.0 Å². The summed E-state index contributed by atoms with van der Waals surface area (Å²) in [6.45, 7) is 2.56. The van der Waals surface area contributed by atoms with Crippen LogP contribution in [-0.2, 0) is 13.2 Å². The van der Waals surface area contributed by atoms with Crippen LogP contribution in [0, 0.1) is 10.1 Å². The molecule has 2 N–H and O–H groups in total. The summed E-state index contributed by atoms with van der Waals surface area (Å²) in [6, 6.07) is 19.9. The molecule has 3 rings (SSSR count). The Bertz CT molecular complexity index is 984. The Hall–Kier alpha value is -2.51. The smallest absolute Gasteiger partial charge is 0.271 e. The third-order valence-electron chi connectivity index (χ3n) is 4.35. The molecule has 3 aromatic carbocycles. The van der Waals surface area contributed by atoms with E-state index in [4.69, 9.17) is 27.9 Å². The first-order valence-corrected chi connectivity index (χ1v) is 10.1. The molecule has 0 unspecified atom stereocenters. The van der Waals surface area contributed by atoms with Gasteiger partial charge in [-0.1, -0.05) is 47.5 Å². The standard InChI is InChI=1S/C22H21Cl2N3O3.ClH/c23-18-5-1-17(2-6-18)15-30-20-8-3-16(4-9-20)14-25-11-12-26-22-10-7-19(27(28)29)13-21(22)24;/h1-10,13,25-26H,11-12,14-15H2;1H. The summed E-state index contributed by atoms with van der Waals surface area (Å²) in [5, 5.41) is 18.3. The van der Waals surface area contributed by atoms with E-state index in [-0.39, 0.29) is 18.1 Å². The first-order valence-electron chi connectivity index (χ1n) is 9.36. The molecule has 0 fully saturated rings. The summed E-state index contributed by atoms with van der Waals surface area (Å²) in [6.07, 6.45) is 0. The first-order chi connectivity index (χ1) is 14.5. The van der Waals surface area contributed by atoms with E-state index in [1.165, 1.54) is 12.1 Å². The van der Waals surface area contributed by atoms with Crippen LogP contribution in [0.2, 0.25) is 10.0 Å². The number of hydrogen-bond donors (Lipinski definition) is 2. The van der Waals surface area contributed by atoms with Crippen LogP contribution in [0.3, 0.4) is 0 Å². The van der Waals surface area contributed by atoms with Crippen LogP contribution in [-0.4, -0.2) is 18.0 Å². The zero-order chi connectivity index (χ0) is 21.3. The zero-order valence-corrected chi connectivity index (χ0v) is 18.8. The largest absolute Gasteiger partial charge is 0.489 e. The van der Waals surface area contributed by atoms with Crippen LogP contribution in [0.15, 0.2) is 66.7 Å². The Morgan fingerprint density at radius 1 is 0.903 bits per heavy atom. The second-order valence-electron chi connectivity index (χ2n) is 6.58. The van der Waals surface area contributed by atoms with Crippen molar-refractivity contribution in [3.8, 4) is 5.75 Å². The number of hydrogen-bond acceptors (Lipinski definition) is 5. The number of ether oxygens (including phenoxy) is 1. The number of benzene rings is 3. The normalized spacial score (nSPS) is 10.3. The fraction of sp³-hybridized carbons (Fsp3) is 0.182. The number of halogens is 3. The molecule has 0 saturated heterocycles. The maximum absolute atomic E-state index is 10.7. The highest BCUT2D eigenvalue weighted by Gasteiger charge is 2.08. The van der Waals surface area contributed by atoms with Crippen LogP contribution >= 0.6 is 35.6 Å². The molecule has 0 aromatic heterocycles. The number of nitrogens with one attached hydrogen (secondary N) is 2. The summed E-state index contributed by atoms with van der Waals surface area (Å²) in [5.41, 5.74) is 2.85. The summed E-state index contributed by atoms with van der Waals surface area (Å²) in [5.74, 6) is 0.808. The lowest BCUT2D eigenvalue weighted by molar-refractivity contribution is -0.384. The van der Waals surface area contributed by atoms with Crippen LogP contribution in [0.5, 0.6) is 5.75 Å². The molecule has 164 valence electrons. The average molecular weight is 483 g/mol. The van der Waals surface area contributed by atoms with E-state index in [1.54, 1.807) is 6.07 Å². The Morgan fingerprint density at radius 2 is 1.58 bits per heavy atom. The Labute approximate surface area is 197 Å². The molecule has 0 aliphatic carbocycles. The van der Waals surface area contributed by atoms with Crippen molar-refractivity contribution in [2.24, 2.45) is 0 Å². The molecule has 3 aromatic rings. The van der Waals surface area contributed by atoms with Crippen molar-refractivity contribution in [3.63, 3.8) is 0 Å². The van der Waals surface area contributed by atoms with E-state index >= 15 is 0 Å². The number of nitro benzene ring substituents is 1. The summed E-state index contributed by atoms with van der Waals surface area (Å²) in [7, 11) is 0. The van der Waals surface area contributed by atoms with Gasteiger partial charge in [0.15, 0.2) is 0 Å². The van der Waals surface area contributed by atoms with Gasteiger partial charge in [0.1, 0.15) is 12.4 Å². The van der Waals surface area contributed by atoms with E-state index < -0.39 is 4.92 Å². The molecular formula is C22H22Cl3N3O3. The van der Waals surface area contributed by atoms with Gasteiger partial charge in [-0.05, 0) is 41.5 Å². The number of nitro groups is 1. The van der Waals surface area contributed by atoms with Crippen LogP contribution < -0.4 is 15.4 Å². The van der Waals surface area contributed by atoms with Crippen molar-refractivity contribution in [2.45, 2.75) is 13.2 Å². The molecule has 9 heteroatoms. The predicted octanol–water partition coefficient (Wildman–Crippen LogP) is 6.10. The topological polar surface area (TPSA) is 76.4 Å². The van der Waals surface area contributed by atoms with Gasteiger partial charge in [-0.15, -0.1) is 12.4 Å². The van der Waals surface area contributed by atoms with Crippen LogP contribution in [0.4, 0.5) is 11.4 Å². The van der Waals surface area contributed by atoms with Gasteiger partial charge in [-0.25, -0.2) is 0 Å². The fourth-order valence-electron chi connectivity index (χ4n) is 2.73. The first kappa shape index (κ1) is 24.8. The SMILES string of the molecule is Cl.O=[N+]([O-])c1ccc(NCCNCc2ccc(OCc3ccc(Cl)cc3)cc2)c(Cl)c1. The minimum atomic E-state index is -0.467. The molecule has 0 spiro atoms. The van der Waals surface area contributed by atoms with Crippen LogP contribution in [0.25, 0.3) is 0 Å². The van der Waals surface area contributed by atoms with Crippen LogP contribution in [0.1, 0.15) is 11.1 Å². The molecular weight excluding hydrogens is 461 g/mol. The third-order valence-corrected chi connectivity index (χ3v) is 4.92. The van der Waals surface area contributed by atoms with Crippen molar-refractivity contribution < 1.29 is 9.66 Å². The van der Waals surface area contributed by atoms with E-state index in [9.17, 15) is 10.1 Å². The molecule has 0 saturated carbocycles. The molecule has 0 radical (unpaired) electrons. The number of rotatable bonds is 10. The second-order valence-corrected chi connectivity index (χ2v) is 7.43. The maximum atomic E-state index is 10.7. The lowest BCUT2D eigenvalue weighted by Gasteiger charge is -2.10. The monoisotopic (exact) mass is 481 g/mol. The van der Waals surface area contributed by atoms with E-state index in [0.717, 1.165) is 16.9 Å². The summed E-state index contributed by atoms with van der Waals surface area (Å²) < 4.78 is 5.79. The minimum Gasteiger partial charge on any atom is -0.489 e. The molecule has 0 amide bonds. The van der Waals surface area contributed by atoms with E-state index in [0.29, 0.717) is 42.0 Å². The lowest BCUT2D eigenvalue weighted by Crippen LogP contribution is -2.21. The fourth-order valence-corrected chi connectivity index (χ4v) is 3.10. The van der Waals surface area contributed by atoms with Crippen molar-refractivity contribution in [1.82, 2.24) is 5.32 Å². The van der Waals surface area contributed by atoms with E-state index in [2.05, 4.69) is 10.6 Å². The van der Waals surface area contributed by atoms with Gasteiger partial charge in [0, 0.05) is 36.8 Å². The highest BCUT2D eigenvalue weighted by atomic mass is 35.5. The van der Waals surface area contributed by atoms with Crippen molar-refractivity contribution >= 4 is 47.0 Å². The zero-order valence-electron chi connectivity index (χ0n) is 16.5. The molecule has 31 heavy (non-hydrogen) atoms. The number of non-ortho nitro benzene ring substituents is 1. The van der Waals surface area contributed by atoms with Gasteiger partial charge < -0.3 is 15.4 Å².